The fraction of sp³-hybridized carbons (Fsp3) is 0.692. The van der Waals surface area contributed by atoms with Gasteiger partial charge < -0.3 is 14.5 Å². The molecule has 1 fully saturated rings. The lowest BCUT2D eigenvalue weighted by Crippen LogP contribution is -2.43. The van der Waals surface area contributed by atoms with E-state index in [4.69, 9.17) is 9.15 Å². The average Bonchev–Trinajstić information content (AvgIpc) is 2.66. The Hall–Kier alpha value is -0.800. The number of aryl methyl sites for hydroxylation is 1. The van der Waals surface area contributed by atoms with Gasteiger partial charge in [0.05, 0.1) is 0 Å². The maximum Gasteiger partial charge on any atom is 0.135 e. The fourth-order valence-corrected chi connectivity index (χ4v) is 2.41. The predicted octanol–water partition coefficient (Wildman–Crippen LogP) is 2.59. The van der Waals surface area contributed by atoms with Gasteiger partial charge in [-0.2, -0.15) is 0 Å². The van der Waals surface area contributed by atoms with Gasteiger partial charge in [-0.1, -0.05) is 6.92 Å². The SMILES string of the molecule is CCNC1CCOC(C)(c2ccc(C)o2)C1. The van der Waals surface area contributed by atoms with Crippen LogP contribution in [0.4, 0.5) is 0 Å². The second-order valence-corrected chi connectivity index (χ2v) is 4.74. The van der Waals surface area contributed by atoms with E-state index >= 15 is 0 Å². The molecule has 1 aliphatic rings. The van der Waals surface area contributed by atoms with E-state index in [9.17, 15) is 0 Å². The van der Waals surface area contributed by atoms with Gasteiger partial charge in [0, 0.05) is 12.6 Å². The molecule has 2 unspecified atom stereocenters. The molecule has 0 amide bonds. The van der Waals surface area contributed by atoms with Gasteiger partial charge in [-0.3, -0.25) is 0 Å². The second-order valence-electron chi connectivity index (χ2n) is 4.74. The van der Waals surface area contributed by atoms with Crippen LogP contribution in [-0.4, -0.2) is 19.2 Å². The molecule has 0 radical (unpaired) electrons. The molecule has 2 heterocycles. The van der Waals surface area contributed by atoms with Crippen LogP contribution in [-0.2, 0) is 10.3 Å². The van der Waals surface area contributed by atoms with E-state index in [1.54, 1.807) is 0 Å². The molecule has 2 rings (SSSR count). The first kappa shape index (κ1) is 11.7. The minimum absolute atomic E-state index is 0.265. The lowest BCUT2D eigenvalue weighted by Gasteiger charge is -2.37. The number of nitrogens with one attached hydrogen (secondary N) is 1. The van der Waals surface area contributed by atoms with Gasteiger partial charge in [0.1, 0.15) is 17.1 Å². The van der Waals surface area contributed by atoms with Crippen molar-refractivity contribution >= 4 is 0 Å². The summed E-state index contributed by atoms with van der Waals surface area (Å²) in [6.07, 6.45) is 2.07. The highest BCUT2D eigenvalue weighted by atomic mass is 16.5. The second kappa shape index (κ2) is 4.60. The summed E-state index contributed by atoms with van der Waals surface area (Å²) in [5, 5.41) is 3.49. The van der Waals surface area contributed by atoms with Crippen molar-refractivity contribution in [1.29, 1.82) is 0 Å². The lowest BCUT2D eigenvalue weighted by molar-refractivity contribution is -0.0937. The minimum atomic E-state index is -0.265. The van der Waals surface area contributed by atoms with Crippen molar-refractivity contribution in [2.75, 3.05) is 13.2 Å². The maximum atomic E-state index is 5.91. The molecular weight excluding hydrogens is 202 g/mol. The number of hydrogen-bond donors (Lipinski definition) is 1. The number of ether oxygens (including phenoxy) is 1. The van der Waals surface area contributed by atoms with Gasteiger partial charge in [0.25, 0.3) is 0 Å². The first-order valence-electron chi connectivity index (χ1n) is 6.08. The first-order valence-corrected chi connectivity index (χ1v) is 6.08. The van der Waals surface area contributed by atoms with Crippen LogP contribution >= 0.6 is 0 Å². The third-order valence-electron chi connectivity index (χ3n) is 3.28. The molecule has 0 aliphatic carbocycles. The van der Waals surface area contributed by atoms with Gasteiger partial charge in [0.15, 0.2) is 0 Å². The number of furan rings is 1. The van der Waals surface area contributed by atoms with Crippen molar-refractivity contribution in [2.45, 2.75) is 45.3 Å². The first-order chi connectivity index (χ1) is 7.64. The van der Waals surface area contributed by atoms with Gasteiger partial charge >= 0.3 is 0 Å². The molecule has 1 N–H and O–H groups in total. The molecule has 0 bridgehead atoms. The molecule has 1 aromatic heterocycles. The van der Waals surface area contributed by atoms with E-state index in [1.807, 2.05) is 19.1 Å². The Morgan fingerprint density at radius 1 is 1.50 bits per heavy atom. The van der Waals surface area contributed by atoms with Crippen LogP contribution in [0.25, 0.3) is 0 Å². The summed E-state index contributed by atoms with van der Waals surface area (Å²) in [5.41, 5.74) is -0.265. The topological polar surface area (TPSA) is 34.4 Å². The molecular formula is C13H21NO2. The Labute approximate surface area is 97.2 Å². The van der Waals surface area contributed by atoms with Crippen molar-refractivity contribution in [2.24, 2.45) is 0 Å². The zero-order valence-corrected chi connectivity index (χ0v) is 10.4. The Kier molecular flexibility index (Phi) is 3.36. The van der Waals surface area contributed by atoms with Gasteiger partial charge in [0.2, 0.25) is 0 Å². The maximum absolute atomic E-state index is 5.91. The van der Waals surface area contributed by atoms with Crippen LogP contribution in [0.2, 0.25) is 0 Å². The average molecular weight is 223 g/mol. The van der Waals surface area contributed by atoms with Crippen LogP contribution in [0.5, 0.6) is 0 Å². The van der Waals surface area contributed by atoms with Gasteiger partial charge in [-0.15, -0.1) is 0 Å². The predicted molar refractivity (Wildman–Crippen MR) is 63.4 cm³/mol. The van der Waals surface area contributed by atoms with Crippen LogP contribution in [0.3, 0.4) is 0 Å². The van der Waals surface area contributed by atoms with E-state index < -0.39 is 0 Å². The third-order valence-corrected chi connectivity index (χ3v) is 3.28. The van der Waals surface area contributed by atoms with Gasteiger partial charge in [-0.25, -0.2) is 0 Å². The zero-order chi connectivity index (χ0) is 11.6. The smallest absolute Gasteiger partial charge is 0.135 e. The highest BCUT2D eigenvalue weighted by Gasteiger charge is 2.37. The summed E-state index contributed by atoms with van der Waals surface area (Å²) in [4.78, 5) is 0. The van der Waals surface area contributed by atoms with Crippen molar-refractivity contribution in [1.82, 2.24) is 5.32 Å². The third kappa shape index (κ3) is 2.30. The molecule has 1 aliphatic heterocycles. The van der Waals surface area contributed by atoms with E-state index in [-0.39, 0.29) is 5.60 Å². The van der Waals surface area contributed by atoms with E-state index in [0.717, 1.165) is 37.5 Å². The molecule has 2 atom stereocenters. The van der Waals surface area contributed by atoms with Crippen LogP contribution in [0, 0.1) is 6.92 Å². The lowest BCUT2D eigenvalue weighted by atomic mass is 9.90. The molecule has 0 aromatic carbocycles. The Morgan fingerprint density at radius 3 is 2.94 bits per heavy atom. The van der Waals surface area contributed by atoms with Crippen LogP contribution < -0.4 is 5.32 Å². The molecule has 1 aromatic rings. The molecule has 0 spiro atoms. The molecule has 3 nitrogen and oxygen atoms in total. The summed E-state index contributed by atoms with van der Waals surface area (Å²) in [7, 11) is 0. The normalized spacial score (nSPS) is 30.6. The molecule has 16 heavy (non-hydrogen) atoms. The molecule has 90 valence electrons. The van der Waals surface area contributed by atoms with Crippen LogP contribution in [0.15, 0.2) is 16.5 Å². The minimum Gasteiger partial charge on any atom is -0.463 e. The van der Waals surface area contributed by atoms with Gasteiger partial charge in [-0.05, 0) is 45.4 Å². The van der Waals surface area contributed by atoms with E-state index in [0.29, 0.717) is 6.04 Å². The highest BCUT2D eigenvalue weighted by Crippen LogP contribution is 2.35. The highest BCUT2D eigenvalue weighted by molar-refractivity contribution is 5.14. The van der Waals surface area contributed by atoms with Crippen molar-refractivity contribution < 1.29 is 9.15 Å². The summed E-state index contributed by atoms with van der Waals surface area (Å²) in [6, 6.07) is 4.57. The van der Waals surface area contributed by atoms with E-state index in [1.165, 1.54) is 0 Å². The standard InChI is InChI=1S/C13H21NO2/c1-4-14-11-7-8-15-13(3,9-11)12-6-5-10(2)16-12/h5-6,11,14H,4,7-9H2,1-3H3. The zero-order valence-electron chi connectivity index (χ0n) is 10.4. The van der Waals surface area contributed by atoms with E-state index in [2.05, 4.69) is 19.2 Å². The summed E-state index contributed by atoms with van der Waals surface area (Å²) < 4.78 is 11.6. The summed E-state index contributed by atoms with van der Waals surface area (Å²) in [5.74, 6) is 1.90. The number of hydrogen-bond acceptors (Lipinski definition) is 3. The summed E-state index contributed by atoms with van der Waals surface area (Å²) >= 11 is 0. The Morgan fingerprint density at radius 2 is 2.31 bits per heavy atom. The van der Waals surface area contributed by atoms with Crippen molar-refractivity contribution in [3.8, 4) is 0 Å². The summed E-state index contributed by atoms with van der Waals surface area (Å²) in [6.45, 7) is 8.04. The molecule has 1 saturated heterocycles. The largest absolute Gasteiger partial charge is 0.463 e. The Bertz CT molecular complexity index is 345. The monoisotopic (exact) mass is 223 g/mol. The fourth-order valence-electron chi connectivity index (χ4n) is 2.41. The van der Waals surface area contributed by atoms with Crippen LogP contribution in [0.1, 0.15) is 38.2 Å². The number of rotatable bonds is 3. The quantitative estimate of drug-likeness (QED) is 0.855. The van der Waals surface area contributed by atoms with Crippen molar-refractivity contribution in [3.63, 3.8) is 0 Å². The molecule has 0 saturated carbocycles. The Balaban J connectivity index is 2.11. The van der Waals surface area contributed by atoms with Crippen molar-refractivity contribution in [3.05, 3.63) is 23.7 Å². The molecule has 3 heteroatoms.